The summed E-state index contributed by atoms with van der Waals surface area (Å²) in [6.07, 6.45) is 0.905. The van der Waals surface area contributed by atoms with Crippen molar-refractivity contribution in [1.82, 2.24) is 10.2 Å². The summed E-state index contributed by atoms with van der Waals surface area (Å²) in [7, 11) is -4.22. The minimum absolute atomic E-state index is 0.0194. The summed E-state index contributed by atoms with van der Waals surface area (Å²) >= 11 is 12.5. The molecule has 4 aromatic carbocycles. The van der Waals surface area contributed by atoms with Crippen LogP contribution in [0.3, 0.4) is 0 Å². The third-order valence-corrected chi connectivity index (χ3v) is 10.0. The Kier molecular flexibility index (Phi) is 12.7. The van der Waals surface area contributed by atoms with Crippen LogP contribution in [0.2, 0.25) is 10.0 Å². The number of halogens is 2. The quantitative estimate of drug-likeness (QED) is 0.144. The second kappa shape index (κ2) is 16.7. The first-order valence-electron chi connectivity index (χ1n) is 15.4. The third kappa shape index (κ3) is 9.50. The van der Waals surface area contributed by atoms with E-state index in [4.69, 9.17) is 27.9 Å². The van der Waals surface area contributed by atoms with Crippen molar-refractivity contribution in [2.45, 2.75) is 51.1 Å². The Bertz CT molecular complexity index is 1750. The highest BCUT2D eigenvalue weighted by atomic mass is 35.5. The predicted octanol–water partition coefficient (Wildman–Crippen LogP) is 7.06. The molecule has 0 fully saturated rings. The van der Waals surface area contributed by atoms with Crippen LogP contribution in [-0.4, -0.2) is 50.9 Å². The molecule has 0 heterocycles. The number of carbonyl (C=O) groups is 2. The van der Waals surface area contributed by atoms with Gasteiger partial charge in [-0.15, -0.1) is 0 Å². The van der Waals surface area contributed by atoms with Crippen LogP contribution in [0.4, 0.5) is 5.69 Å². The normalized spacial score (nSPS) is 11.9. The number of nitrogens with zero attached hydrogens (tertiary/aromatic N) is 2. The van der Waals surface area contributed by atoms with Gasteiger partial charge in [0, 0.05) is 19.5 Å². The zero-order valence-corrected chi connectivity index (χ0v) is 29.0. The first-order chi connectivity index (χ1) is 22.5. The molecule has 8 nitrogen and oxygen atoms in total. The number of sulfonamides is 1. The minimum Gasteiger partial charge on any atom is -0.494 e. The Balaban J connectivity index is 1.81. The number of hydrogen-bond donors (Lipinski definition) is 1. The maximum atomic E-state index is 14.6. The fourth-order valence-electron chi connectivity index (χ4n) is 5.00. The molecule has 0 aliphatic carbocycles. The summed E-state index contributed by atoms with van der Waals surface area (Å²) in [6, 6.07) is 26.4. The van der Waals surface area contributed by atoms with Crippen LogP contribution in [0.5, 0.6) is 5.75 Å². The fourth-order valence-corrected chi connectivity index (χ4v) is 6.73. The lowest BCUT2D eigenvalue weighted by molar-refractivity contribution is -0.140. The number of amides is 2. The molecule has 0 bridgehead atoms. The smallest absolute Gasteiger partial charge is 0.264 e. The highest BCUT2D eigenvalue weighted by Gasteiger charge is 2.34. The van der Waals surface area contributed by atoms with Gasteiger partial charge in [-0.05, 0) is 79.9 Å². The Morgan fingerprint density at radius 2 is 1.53 bits per heavy atom. The number of aryl methyl sites for hydroxylation is 1. The van der Waals surface area contributed by atoms with Gasteiger partial charge in [0.2, 0.25) is 11.8 Å². The van der Waals surface area contributed by atoms with Crippen LogP contribution in [0.1, 0.15) is 37.0 Å². The van der Waals surface area contributed by atoms with Crippen LogP contribution in [0, 0.1) is 6.92 Å². The maximum absolute atomic E-state index is 14.6. The van der Waals surface area contributed by atoms with Crippen molar-refractivity contribution < 1.29 is 22.7 Å². The molecule has 0 spiro atoms. The van der Waals surface area contributed by atoms with E-state index in [0.717, 1.165) is 15.4 Å². The Morgan fingerprint density at radius 1 is 0.851 bits per heavy atom. The van der Waals surface area contributed by atoms with E-state index >= 15 is 0 Å². The number of anilines is 1. The average molecular weight is 697 g/mol. The highest BCUT2D eigenvalue weighted by Crippen LogP contribution is 2.28. The molecule has 0 aromatic heterocycles. The van der Waals surface area contributed by atoms with Gasteiger partial charge in [0.15, 0.2) is 0 Å². The van der Waals surface area contributed by atoms with Crippen molar-refractivity contribution in [2.75, 3.05) is 24.0 Å². The monoisotopic (exact) mass is 695 g/mol. The lowest BCUT2D eigenvalue weighted by atomic mass is 10.0. The number of ether oxygens (including phenoxy) is 1. The number of carbonyl (C=O) groups excluding carboxylic acids is 2. The average Bonchev–Trinajstić information content (AvgIpc) is 3.06. The summed E-state index contributed by atoms with van der Waals surface area (Å²) < 4.78 is 35.0. The van der Waals surface area contributed by atoms with E-state index in [0.29, 0.717) is 40.9 Å². The molecule has 1 atom stereocenters. The number of benzene rings is 4. The number of rotatable bonds is 15. The molecule has 0 saturated carbocycles. The maximum Gasteiger partial charge on any atom is 0.264 e. The molecule has 1 N–H and O–H groups in total. The van der Waals surface area contributed by atoms with Crippen LogP contribution < -0.4 is 14.4 Å². The molecule has 0 aliphatic rings. The molecule has 0 radical (unpaired) electrons. The van der Waals surface area contributed by atoms with Gasteiger partial charge in [-0.25, -0.2) is 8.42 Å². The van der Waals surface area contributed by atoms with Crippen LogP contribution in [0.25, 0.3) is 0 Å². The van der Waals surface area contributed by atoms with Gasteiger partial charge in [-0.3, -0.25) is 13.9 Å². The first kappa shape index (κ1) is 35.8. The standard InChI is InChI=1S/C36H39Cl2N3O5S/c1-4-21-39-36(43)34(23-27-9-7-6-8-10-27)40(24-28-13-20-32(37)33(38)22-28)35(42)25-41(29-14-16-30(17-15-29)46-5-2)47(44,45)31-18-11-26(3)12-19-31/h6-20,22,34H,4-5,21,23-25H2,1-3H3,(H,39,43). The van der Waals surface area contributed by atoms with Crippen molar-refractivity contribution in [2.24, 2.45) is 0 Å². The second-order valence-electron chi connectivity index (χ2n) is 11.0. The van der Waals surface area contributed by atoms with E-state index in [9.17, 15) is 18.0 Å². The molecule has 47 heavy (non-hydrogen) atoms. The van der Waals surface area contributed by atoms with Gasteiger partial charge < -0.3 is 15.0 Å². The zero-order chi connectivity index (χ0) is 34.0. The van der Waals surface area contributed by atoms with E-state index in [2.05, 4.69) is 5.32 Å². The minimum atomic E-state index is -4.22. The van der Waals surface area contributed by atoms with Gasteiger partial charge in [-0.1, -0.05) is 84.2 Å². The predicted molar refractivity (Wildman–Crippen MR) is 188 cm³/mol. The highest BCUT2D eigenvalue weighted by molar-refractivity contribution is 7.92. The van der Waals surface area contributed by atoms with Gasteiger partial charge in [0.05, 0.1) is 27.2 Å². The molecule has 2 amide bonds. The van der Waals surface area contributed by atoms with Crippen molar-refractivity contribution in [3.05, 3.63) is 124 Å². The van der Waals surface area contributed by atoms with E-state index < -0.39 is 28.5 Å². The van der Waals surface area contributed by atoms with Crippen molar-refractivity contribution in [3.8, 4) is 5.75 Å². The van der Waals surface area contributed by atoms with Crippen LogP contribution in [-0.2, 0) is 32.6 Å². The fraction of sp³-hybridized carbons (Fsp3) is 0.278. The van der Waals surface area contributed by atoms with Gasteiger partial charge in [-0.2, -0.15) is 0 Å². The molecular weight excluding hydrogens is 657 g/mol. The Hall–Kier alpha value is -4.05. The summed E-state index contributed by atoms with van der Waals surface area (Å²) in [6.45, 7) is 5.92. The van der Waals surface area contributed by atoms with Crippen molar-refractivity contribution in [3.63, 3.8) is 0 Å². The second-order valence-corrected chi connectivity index (χ2v) is 13.7. The molecule has 1 unspecified atom stereocenters. The zero-order valence-electron chi connectivity index (χ0n) is 26.7. The van der Waals surface area contributed by atoms with E-state index in [1.807, 2.05) is 51.1 Å². The van der Waals surface area contributed by atoms with Crippen LogP contribution in [0.15, 0.2) is 102 Å². The molecule has 4 rings (SSSR count). The summed E-state index contributed by atoms with van der Waals surface area (Å²) in [4.78, 5) is 29.8. The van der Waals surface area contributed by atoms with Crippen LogP contribution >= 0.6 is 23.2 Å². The lowest BCUT2D eigenvalue weighted by Gasteiger charge is -2.34. The van der Waals surface area contributed by atoms with Gasteiger partial charge in [0.1, 0.15) is 18.3 Å². The molecule has 0 aliphatic heterocycles. The molecule has 11 heteroatoms. The molecule has 0 saturated heterocycles. The first-order valence-corrected chi connectivity index (χ1v) is 17.6. The van der Waals surface area contributed by atoms with E-state index in [-0.39, 0.29) is 29.5 Å². The lowest BCUT2D eigenvalue weighted by Crippen LogP contribution is -2.53. The largest absolute Gasteiger partial charge is 0.494 e. The molecular formula is C36H39Cl2N3O5S. The number of hydrogen-bond acceptors (Lipinski definition) is 5. The van der Waals surface area contributed by atoms with E-state index in [1.165, 1.54) is 17.0 Å². The number of nitrogens with one attached hydrogen (secondary N) is 1. The van der Waals surface area contributed by atoms with Gasteiger partial charge in [0.25, 0.3) is 10.0 Å². The Morgan fingerprint density at radius 3 is 2.15 bits per heavy atom. The third-order valence-electron chi connectivity index (χ3n) is 7.48. The summed E-state index contributed by atoms with van der Waals surface area (Å²) in [5.74, 6) is -0.363. The summed E-state index contributed by atoms with van der Waals surface area (Å²) in [5, 5.41) is 3.58. The van der Waals surface area contributed by atoms with Crippen molar-refractivity contribution in [1.29, 1.82) is 0 Å². The topological polar surface area (TPSA) is 96.0 Å². The van der Waals surface area contributed by atoms with E-state index in [1.54, 1.807) is 54.6 Å². The molecule has 248 valence electrons. The molecule has 4 aromatic rings. The Labute approximate surface area is 287 Å². The summed E-state index contributed by atoms with van der Waals surface area (Å²) in [5.41, 5.74) is 2.63. The SMILES string of the molecule is CCCNC(=O)C(Cc1ccccc1)N(Cc1ccc(Cl)c(Cl)c1)C(=O)CN(c1ccc(OCC)cc1)S(=O)(=O)c1ccc(C)cc1. The van der Waals surface area contributed by atoms with Gasteiger partial charge >= 0.3 is 0 Å². The van der Waals surface area contributed by atoms with Crippen molar-refractivity contribution >= 4 is 50.7 Å².